The molecule has 3 aromatic rings. The van der Waals surface area contributed by atoms with Gasteiger partial charge in [-0.2, -0.15) is 5.10 Å². The van der Waals surface area contributed by atoms with Crippen LogP contribution in [0.15, 0.2) is 64.2 Å². The van der Waals surface area contributed by atoms with Gasteiger partial charge in [-0.15, -0.1) is 0 Å². The van der Waals surface area contributed by atoms with E-state index in [2.05, 4.69) is 37.1 Å². The van der Waals surface area contributed by atoms with Gasteiger partial charge in [0, 0.05) is 16.7 Å². The normalized spacial score (nSPS) is 10.7. The van der Waals surface area contributed by atoms with Gasteiger partial charge >= 0.3 is 11.8 Å². The quantitative estimate of drug-likeness (QED) is 0.199. The minimum absolute atomic E-state index is 0.216. The third kappa shape index (κ3) is 8.17. The zero-order valence-electron chi connectivity index (χ0n) is 21.6. The Hall–Kier alpha value is -4.18. The number of carbonyl (C=O) groups excluding carboxylic acids is 3. The molecule has 0 radical (unpaired) electrons. The fourth-order valence-electron chi connectivity index (χ4n) is 3.50. The first-order valence-electron chi connectivity index (χ1n) is 11.7. The van der Waals surface area contributed by atoms with Gasteiger partial charge in [0.05, 0.1) is 13.3 Å². The van der Waals surface area contributed by atoms with E-state index in [4.69, 9.17) is 9.47 Å². The molecule has 0 spiro atoms. The van der Waals surface area contributed by atoms with E-state index in [1.54, 1.807) is 18.2 Å². The van der Waals surface area contributed by atoms with Crippen LogP contribution in [-0.2, 0) is 20.9 Å². The van der Waals surface area contributed by atoms with Crippen molar-refractivity contribution in [2.24, 2.45) is 5.10 Å². The van der Waals surface area contributed by atoms with E-state index in [1.807, 2.05) is 57.2 Å². The van der Waals surface area contributed by atoms with Crippen molar-refractivity contribution < 1.29 is 23.9 Å². The van der Waals surface area contributed by atoms with Crippen molar-refractivity contribution in [1.82, 2.24) is 10.7 Å². The molecule has 3 N–H and O–H groups in total. The monoisotopic (exact) mass is 580 g/mol. The topological polar surface area (TPSA) is 118 Å². The van der Waals surface area contributed by atoms with Crippen LogP contribution >= 0.6 is 15.9 Å². The van der Waals surface area contributed by atoms with Crippen molar-refractivity contribution in [1.29, 1.82) is 0 Å². The molecule has 0 atom stereocenters. The Morgan fingerprint density at radius 2 is 1.61 bits per heavy atom. The number of ether oxygens (including phenoxy) is 2. The first kappa shape index (κ1) is 28.4. The van der Waals surface area contributed by atoms with Crippen LogP contribution in [0, 0.1) is 20.8 Å². The van der Waals surface area contributed by atoms with E-state index in [0.29, 0.717) is 17.1 Å². The maximum Gasteiger partial charge on any atom is 0.329 e. The Morgan fingerprint density at radius 3 is 2.26 bits per heavy atom. The molecule has 3 rings (SSSR count). The summed E-state index contributed by atoms with van der Waals surface area (Å²) in [7, 11) is 1.47. The molecule has 0 saturated carbocycles. The summed E-state index contributed by atoms with van der Waals surface area (Å²) >= 11 is 3.44. The predicted octanol–water partition coefficient (Wildman–Crippen LogP) is 4.17. The molecule has 3 aromatic carbocycles. The molecule has 3 amide bonds. The van der Waals surface area contributed by atoms with Gasteiger partial charge in [-0.3, -0.25) is 14.4 Å². The van der Waals surface area contributed by atoms with E-state index in [1.165, 1.54) is 13.3 Å². The number of carbonyl (C=O) groups is 3. The number of hydrogen-bond donors (Lipinski definition) is 3. The average molecular weight is 581 g/mol. The second-order valence-electron chi connectivity index (χ2n) is 8.53. The maximum absolute atomic E-state index is 12.5. The van der Waals surface area contributed by atoms with Gasteiger partial charge in [-0.1, -0.05) is 45.8 Å². The highest BCUT2D eigenvalue weighted by Crippen LogP contribution is 2.28. The molecule has 0 aromatic heterocycles. The summed E-state index contributed by atoms with van der Waals surface area (Å²) in [4.78, 5) is 36.5. The standard InChI is InChI=1S/C28H29BrN4O5/c1-17-5-7-20(8-6-17)14-30-27(35)28(36)33-31-15-21-9-10-23(24(13-21)37-4)38-16-25(34)32-26-18(2)11-22(29)12-19(26)3/h5-13,15H,14,16H2,1-4H3,(H,30,35)(H,32,34)(H,33,36)/b31-15-. The van der Waals surface area contributed by atoms with Crippen LogP contribution in [0.2, 0.25) is 0 Å². The predicted molar refractivity (Wildman–Crippen MR) is 149 cm³/mol. The fraction of sp³-hybridized carbons (Fsp3) is 0.214. The van der Waals surface area contributed by atoms with Crippen LogP contribution in [0.1, 0.15) is 27.8 Å². The van der Waals surface area contributed by atoms with E-state index in [0.717, 1.165) is 32.4 Å². The highest BCUT2D eigenvalue weighted by Gasteiger charge is 2.13. The lowest BCUT2D eigenvalue weighted by molar-refractivity contribution is -0.139. The number of halogens is 1. The number of anilines is 1. The van der Waals surface area contributed by atoms with Crippen molar-refractivity contribution in [3.05, 3.63) is 86.9 Å². The molecule has 0 aliphatic rings. The molecule has 0 heterocycles. The first-order chi connectivity index (χ1) is 18.2. The second kappa shape index (κ2) is 13.4. The lowest BCUT2D eigenvalue weighted by Crippen LogP contribution is -2.37. The van der Waals surface area contributed by atoms with Gasteiger partial charge in [0.2, 0.25) is 0 Å². The number of hydrazone groups is 1. The van der Waals surface area contributed by atoms with E-state index >= 15 is 0 Å². The largest absolute Gasteiger partial charge is 0.493 e. The number of aryl methyl sites for hydroxylation is 3. The molecule has 0 bridgehead atoms. The number of methoxy groups -OCH3 is 1. The van der Waals surface area contributed by atoms with Crippen molar-refractivity contribution in [2.75, 3.05) is 19.0 Å². The van der Waals surface area contributed by atoms with Crippen LogP contribution < -0.4 is 25.5 Å². The van der Waals surface area contributed by atoms with E-state index in [9.17, 15) is 14.4 Å². The summed E-state index contributed by atoms with van der Waals surface area (Å²) < 4.78 is 12.0. The van der Waals surface area contributed by atoms with E-state index in [-0.39, 0.29) is 19.1 Å². The highest BCUT2D eigenvalue weighted by atomic mass is 79.9. The Balaban J connectivity index is 1.51. The van der Waals surface area contributed by atoms with Crippen LogP contribution in [0.5, 0.6) is 11.5 Å². The maximum atomic E-state index is 12.5. The number of nitrogens with one attached hydrogen (secondary N) is 3. The third-order valence-corrected chi connectivity index (χ3v) is 5.93. The molecule has 9 nitrogen and oxygen atoms in total. The van der Waals surface area contributed by atoms with Crippen molar-refractivity contribution >= 4 is 45.6 Å². The summed E-state index contributed by atoms with van der Waals surface area (Å²) in [5.74, 6) is -1.25. The molecule has 0 unspecified atom stereocenters. The molecule has 10 heteroatoms. The molecule has 0 fully saturated rings. The highest BCUT2D eigenvalue weighted by molar-refractivity contribution is 9.10. The van der Waals surface area contributed by atoms with Crippen LogP contribution in [-0.4, -0.2) is 37.7 Å². The molecule has 0 aliphatic heterocycles. The Bertz CT molecular complexity index is 1330. The Morgan fingerprint density at radius 1 is 0.921 bits per heavy atom. The Kier molecular flexibility index (Phi) is 10.0. The van der Waals surface area contributed by atoms with Gasteiger partial charge < -0.3 is 20.1 Å². The van der Waals surface area contributed by atoms with Gasteiger partial charge in [0.25, 0.3) is 5.91 Å². The molecular weight excluding hydrogens is 552 g/mol. The fourth-order valence-corrected chi connectivity index (χ4v) is 4.18. The summed E-state index contributed by atoms with van der Waals surface area (Å²) in [6.45, 7) is 5.81. The number of amides is 3. The van der Waals surface area contributed by atoms with Crippen molar-refractivity contribution in [3.63, 3.8) is 0 Å². The smallest absolute Gasteiger partial charge is 0.329 e. The summed E-state index contributed by atoms with van der Waals surface area (Å²) in [5.41, 5.74) is 7.37. The van der Waals surface area contributed by atoms with Gasteiger partial charge in [0.15, 0.2) is 18.1 Å². The Labute approximate surface area is 229 Å². The lowest BCUT2D eigenvalue weighted by atomic mass is 10.1. The van der Waals surface area contributed by atoms with Crippen LogP contribution in [0.3, 0.4) is 0 Å². The number of hydrogen-bond acceptors (Lipinski definition) is 6. The van der Waals surface area contributed by atoms with Gasteiger partial charge in [-0.25, -0.2) is 5.43 Å². The number of rotatable bonds is 9. The number of benzene rings is 3. The summed E-state index contributed by atoms with van der Waals surface area (Å²) in [6.07, 6.45) is 1.36. The van der Waals surface area contributed by atoms with Crippen molar-refractivity contribution in [2.45, 2.75) is 27.3 Å². The zero-order chi connectivity index (χ0) is 27.7. The lowest BCUT2D eigenvalue weighted by Gasteiger charge is -2.14. The molecule has 0 saturated heterocycles. The van der Waals surface area contributed by atoms with Gasteiger partial charge in [-0.05, 0) is 73.4 Å². The number of nitrogens with zero attached hydrogens (tertiary/aromatic N) is 1. The zero-order valence-corrected chi connectivity index (χ0v) is 23.1. The average Bonchev–Trinajstić information content (AvgIpc) is 2.89. The minimum Gasteiger partial charge on any atom is -0.493 e. The van der Waals surface area contributed by atoms with Crippen LogP contribution in [0.25, 0.3) is 0 Å². The minimum atomic E-state index is -0.887. The van der Waals surface area contributed by atoms with Gasteiger partial charge in [0.1, 0.15) is 0 Å². The molecule has 198 valence electrons. The third-order valence-electron chi connectivity index (χ3n) is 5.47. The second-order valence-corrected chi connectivity index (χ2v) is 9.44. The summed E-state index contributed by atoms with van der Waals surface area (Å²) in [5, 5.41) is 9.25. The SMILES string of the molecule is COc1cc(/C=N\NC(=O)C(=O)NCc2ccc(C)cc2)ccc1OCC(=O)Nc1c(C)cc(Br)cc1C. The summed E-state index contributed by atoms with van der Waals surface area (Å²) in [6, 6.07) is 16.4. The first-order valence-corrected chi connectivity index (χ1v) is 12.5. The molecule has 38 heavy (non-hydrogen) atoms. The van der Waals surface area contributed by atoms with Crippen molar-refractivity contribution in [3.8, 4) is 11.5 Å². The molecule has 0 aliphatic carbocycles. The molecular formula is C28H29BrN4O5. The van der Waals surface area contributed by atoms with Crippen LogP contribution in [0.4, 0.5) is 5.69 Å². The van der Waals surface area contributed by atoms with E-state index < -0.39 is 11.8 Å².